The van der Waals surface area contributed by atoms with Gasteiger partial charge in [0.25, 0.3) is 5.91 Å². The predicted octanol–water partition coefficient (Wildman–Crippen LogP) is 3.05. The van der Waals surface area contributed by atoms with Gasteiger partial charge in [0.05, 0.1) is 22.1 Å². The minimum Gasteiger partial charge on any atom is -0.352 e. The Morgan fingerprint density at radius 3 is 2.86 bits per heavy atom. The van der Waals surface area contributed by atoms with E-state index >= 15 is 0 Å². The fourth-order valence-electron chi connectivity index (χ4n) is 2.46. The molecule has 0 bridgehead atoms. The average Bonchev–Trinajstić information content (AvgIpc) is 2.77. The third-order valence-corrected chi connectivity index (χ3v) is 6.23. The van der Waals surface area contributed by atoms with Crippen LogP contribution in [0.15, 0.2) is 22.7 Å². The molecule has 1 fully saturated rings. The predicted molar refractivity (Wildman–Crippen MR) is 87.5 cm³/mol. The van der Waals surface area contributed by atoms with E-state index in [9.17, 15) is 13.2 Å². The van der Waals surface area contributed by atoms with Gasteiger partial charge in [0, 0.05) is 11.0 Å². The van der Waals surface area contributed by atoms with Crippen LogP contribution in [0.4, 0.5) is 0 Å². The van der Waals surface area contributed by atoms with Gasteiger partial charge < -0.3 is 5.32 Å². The van der Waals surface area contributed by atoms with Crippen LogP contribution in [0.25, 0.3) is 0 Å². The van der Waals surface area contributed by atoms with E-state index in [1.165, 1.54) is 0 Å². The van der Waals surface area contributed by atoms with Crippen molar-refractivity contribution in [1.82, 2.24) is 5.32 Å². The molecule has 7 heteroatoms. The Hall–Kier alpha value is -0.590. The first-order chi connectivity index (χ1) is 9.87. The van der Waals surface area contributed by atoms with E-state index in [0.29, 0.717) is 28.6 Å². The molecule has 0 aliphatic carbocycles. The molecule has 116 valence electrons. The summed E-state index contributed by atoms with van der Waals surface area (Å²) in [7, 11) is -2.81. The Kier molecular flexibility index (Phi) is 5.68. The number of benzene rings is 1. The molecule has 0 radical (unpaired) electrons. The highest BCUT2D eigenvalue weighted by Crippen LogP contribution is 2.23. The topological polar surface area (TPSA) is 63.2 Å². The lowest BCUT2D eigenvalue weighted by Crippen LogP contribution is -2.25. The molecule has 1 heterocycles. The van der Waals surface area contributed by atoms with Crippen LogP contribution in [0, 0.1) is 5.92 Å². The Morgan fingerprint density at radius 1 is 1.43 bits per heavy atom. The van der Waals surface area contributed by atoms with Crippen LogP contribution in [0.3, 0.4) is 0 Å². The molecule has 1 N–H and O–H groups in total. The Bertz CT molecular complexity index is 633. The number of sulfone groups is 1. The number of hydrogen-bond acceptors (Lipinski definition) is 3. The molecule has 1 amide bonds. The lowest BCUT2D eigenvalue weighted by atomic mass is 10.0. The smallest absolute Gasteiger partial charge is 0.252 e. The summed E-state index contributed by atoms with van der Waals surface area (Å²) in [5.74, 6) is 0.623. The van der Waals surface area contributed by atoms with Gasteiger partial charge in [-0.2, -0.15) is 0 Å². The molecule has 1 aromatic carbocycles. The minimum absolute atomic E-state index is 0.208. The summed E-state index contributed by atoms with van der Waals surface area (Å²) >= 11 is 9.30. The van der Waals surface area contributed by atoms with E-state index in [-0.39, 0.29) is 11.8 Å². The van der Waals surface area contributed by atoms with E-state index in [1.54, 1.807) is 18.2 Å². The molecule has 2 rings (SSSR count). The Labute approximate surface area is 138 Å². The molecule has 21 heavy (non-hydrogen) atoms. The van der Waals surface area contributed by atoms with Crippen molar-refractivity contribution >= 4 is 43.3 Å². The van der Waals surface area contributed by atoms with Crippen molar-refractivity contribution in [3.05, 3.63) is 33.3 Å². The van der Waals surface area contributed by atoms with Crippen LogP contribution < -0.4 is 5.32 Å². The largest absolute Gasteiger partial charge is 0.352 e. The van der Waals surface area contributed by atoms with Gasteiger partial charge in [-0.25, -0.2) is 8.42 Å². The van der Waals surface area contributed by atoms with Gasteiger partial charge in [-0.1, -0.05) is 27.5 Å². The second-order valence-electron chi connectivity index (χ2n) is 5.29. The van der Waals surface area contributed by atoms with Gasteiger partial charge in [0.1, 0.15) is 0 Å². The second-order valence-corrected chi connectivity index (χ2v) is 8.84. The molecule has 4 nitrogen and oxygen atoms in total. The summed E-state index contributed by atoms with van der Waals surface area (Å²) < 4.78 is 23.5. The molecule has 1 aliphatic heterocycles. The fraction of sp³-hybridized carbons (Fsp3) is 0.500. The Morgan fingerprint density at radius 2 is 2.19 bits per heavy atom. The summed E-state index contributed by atoms with van der Waals surface area (Å²) in [4.78, 5) is 12.0. The van der Waals surface area contributed by atoms with Crippen molar-refractivity contribution < 1.29 is 13.2 Å². The van der Waals surface area contributed by atoms with E-state index in [4.69, 9.17) is 11.6 Å². The SMILES string of the molecule is O=C(NCCCC1CCS(=O)(=O)C1)c1cc(Br)ccc1Cl. The second kappa shape index (κ2) is 7.11. The zero-order chi connectivity index (χ0) is 15.5. The molecular formula is C14H17BrClNO3S. The minimum atomic E-state index is -2.81. The average molecular weight is 395 g/mol. The highest BCUT2D eigenvalue weighted by Gasteiger charge is 2.27. The number of hydrogen-bond donors (Lipinski definition) is 1. The summed E-state index contributed by atoms with van der Waals surface area (Å²) in [6, 6.07) is 5.13. The Balaban J connectivity index is 1.76. The number of halogens is 2. The van der Waals surface area contributed by atoms with Crippen LogP contribution in [-0.2, 0) is 9.84 Å². The van der Waals surface area contributed by atoms with Crippen LogP contribution >= 0.6 is 27.5 Å². The molecule has 1 saturated heterocycles. The highest BCUT2D eigenvalue weighted by molar-refractivity contribution is 9.10. The maximum Gasteiger partial charge on any atom is 0.252 e. The number of amides is 1. The van der Waals surface area contributed by atoms with Gasteiger partial charge >= 0.3 is 0 Å². The summed E-state index contributed by atoms with van der Waals surface area (Å²) in [5, 5.41) is 3.23. The molecule has 1 aromatic rings. The maximum absolute atomic E-state index is 12.0. The van der Waals surface area contributed by atoms with E-state index in [1.807, 2.05) is 0 Å². The van der Waals surface area contributed by atoms with Gasteiger partial charge in [-0.15, -0.1) is 0 Å². The van der Waals surface area contributed by atoms with Gasteiger partial charge in [-0.3, -0.25) is 4.79 Å². The van der Waals surface area contributed by atoms with Crippen LogP contribution in [-0.4, -0.2) is 32.4 Å². The highest BCUT2D eigenvalue weighted by atomic mass is 79.9. The third kappa shape index (κ3) is 4.97. The third-order valence-electron chi connectivity index (χ3n) is 3.57. The fourth-order valence-corrected chi connectivity index (χ4v) is 4.93. The number of carbonyl (C=O) groups excluding carboxylic acids is 1. The molecule has 1 aliphatic rings. The number of rotatable bonds is 5. The molecule has 1 atom stereocenters. The normalized spacial score (nSPS) is 20.4. The number of carbonyl (C=O) groups is 1. The van der Waals surface area contributed by atoms with Crippen molar-refractivity contribution in [2.45, 2.75) is 19.3 Å². The van der Waals surface area contributed by atoms with E-state index in [0.717, 1.165) is 23.7 Å². The maximum atomic E-state index is 12.0. The number of nitrogens with one attached hydrogen (secondary N) is 1. The van der Waals surface area contributed by atoms with Crippen LogP contribution in [0.5, 0.6) is 0 Å². The standard InChI is InChI=1S/C14H17BrClNO3S/c15-11-3-4-13(16)12(8-11)14(18)17-6-1-2-10-5-7-21(19,20)9-10/h3-4,8,10H,1-2,5-7,9H2,(H,17,18). The summed E-state index contributed by atoms with van der Waals surface area (Å²) in [6.45, 7) is 0.526. The lowest BCUT2D eigenvalue weighted by Gasteiger charge is -2.09. The van der Waals surface area contributed by atoms with E-state index in [2.05, 4.69) is 21.2 Å². The molecular weight excluding hydrogens is 378 g/mol. The lowest BCUT2D eigenvalue weighted by molar-refractivity contribution is 0.0952. The van der Waals surface area contributed by atoms with Crippen molar-refractivity contribution in [3.63, 3.8) is 0 Å². The van der Waals surface area contributed by atoms with Crippen molar-refractivity contribution in [1.29, 1.82) is 0 Å². The first-order valence-electron chi connectivity index (χ1n) is 6.81. The van der Waals surface area contributed by atoms with Gasteiger partial charge in [0.2, 0.25) is 0 Å². The molecule has 1 unspecified atom stereocenters. The van der Waals surface area contributed by atoms with Crippen molar-refractivity contribution in [2.24, 2.45) is 5.92 Å². The zero-order valence-corrected chi connectivity index (χ0v) is 14.6. The van der Waals surface area contributed by atoms with Crippen LogP contribution in [0.1, 0.15) is 29.6 Å². The quantitative estimate of drug-likeness (QED) is 0.781. The molecule has 0 saturated carbocycles. The summed E-state index contributed by atoms with van der Waals surface area (Å²) in [6.07, 6.45) is 2.34. The molecule has 0 aromatic heterocycles. The van der Waals surface area contributed by atoms with Gasteiger partial charge in [0.15, 0.2) is 9.84 Å². The van der Waals surface area contributed by atoms with Crippen LogP contribution in [0.2, 0.25) is 5.02 Å². The first kappa shape index (κ1) is 16.8. The zero-order valence-electron chi connectivity index (χ0n) is 11.4. The van der Waals surface area contributed by atoms with E-state index < -0.39 is 9.84 Å². The van der Waals surface area contributed by atoms with Crippen molar-refractivity contribution in [3.8, 4) is 0 Å². The molecule has 0 spiro atoms. The first-order valence-corrected chi connectivity index (χ1v) is 9.80. The summed E-state index contributed by atoms with van der Waals surface area (Å²) in [5.41, 5.74) is 0.439. The van der Waals surface area contributed by atoms with Crippen molar-refractivity contribution in [2.75, 3.05) is 18.1 Å². The van der Waals surface area contributed by atoms with Gasteiger partial charge in [-0.05, 0) is 43.4 Å². The monoisotopic (exact) mass is 393 g/mol.